The molecular formula is C24H17BrCl2N2O3S. The minimum atomic E-state index is -0.193. The number of nitrogens with zero attached hydrogens (tertiary/aromatic N) is 1. The maximum absolute atomic E-state index is 12.4. The van der Waals surface area contributed by atoms with Crippen molar-refractivity contribution in [2.75, 3.05) is 7.11 Å². The van der Waals surface area contributed by atoms with Crippen LogP contribution < -0.4 is 14.8 Å². The van der Waals surface area contributed by atoms with Crippen LogP contribution in [0.25, 0.3) is 6.08 Å². The van der Waals surface area contributed by atoms with E-state index in [0.717, 1.165) is 27.0 Å². The highest BCUT2D eigenvalue weighted by atomic mass is 79.9. The lowest BCUT2D eigenvalue weighted by Gasteiger charge is -2.10. The van der Waals surface area contributed by atoms with Crippen LogP contribution in [0, 0.1) is 0 Å². The molecular weight excluding hydrogens is 547 g/mol. The summed E-state index contributed by atoms with van der Waals surface area (Å²) in [5.74, 6) is 1.21. The minimum absolute atomic E-state index is 0.193. The number of rotatable bonds is 6. The fourth-order valence-electron chi connectivity index (χ4n) is 2.92. The molecule has 1 fully saturated rings. The zero-order chi connectivity index (χ0) is 23.4. The molecule has 0 unspecified atom stereocenters. The van der Waals surface area contributed by atoms with Gasteiger partial charge in [0.15, 0.2) is 5.17 Å². The summed E-state index contributed by atoms with van der Waals surface area (Å²) in [6, 6.07) is 18.2. The molecule has 0 aliphatic carbocycles. The molecule has 1 N–H and O–H groups in total. The first kappa shape index (κ1) is 23.7. The van der Waals surface area contributed by atoms with Crippen molar-refractivity contribution in [2.45, 2.75) is 6.61 Å². The fraction of sp³-hybridized carbons (Fsp3) is 0.0833. The number of hydrogen-bond acceptors (Lipinski definition) is 5. The Balaban J connectivity index is 1.44. The molecule has 33 heavy (non-hydrogen) atoms. The average molecular weight is 564 g/mol. The van der Waals surface area contributed by atoms with Gasteiger partial charge in [0.05, 0.1) is 22.2 Å². The second kappa shape index (κ2) is 10.7. The summed E-state index contributed by atoms with van der Waals surface area (Å²) in [7, 11) is 1.61. The molecule has 3 aromatic carbocycles. The Morgan fingerprint density at radius 1 is 1.09 bits per heavy atom. The summed E-state index contributed by atoms with van der Waals surface area (Å²) in [4.78, 5) is 17.4. The first-order valence-electron chi connectivity index (χ1n) is 9.71. The normalized spacial score (nSPS) is 15.7. The van der Waals surface area contributed by atoms with Crippen LogP contribution in [-0.2, 0) is 11.4 Å². The average Bonchev–Trinajstić information content (AvgIpc) is 3.13. The predicted octanol–water partition coefficient (Wildman–Crippen LogP) is 7.24. The number of aliphatic imine (C=N–C) groups is 1. The monoisotopic (exact) mass is 562 g/mol. The number of amides is 1. The molecule has 5 nitrogen and oxygen atoms in total. The van der Waals surface area contributed by atoms with Crippen molar-refractivity contribution >= 4 is 73.7 Å². The largest absolute Gasteiger partial charge is 0.497 e. The number of carbonyl (C=O) groups excluding carboxylic acids is 1. The van der Waals surface area contributed by atoms with E-state index < -0.39 is 0 Å². The molecule has 1 amide bonds. The van der Waals surface area contributed by atoms with Crippen LogP contribution in [0.4, 0.5) is 5.69 Å². The van der Waals surface area contributed by atoms with Gasteiger partial charge >= 0.3 is 0 Å². The number of methoxy groups -OCH3 is 1. The number of thioether (sulfide) groups is 1. The van der Waals surface area contributed by atoms with Crippen LogP contribution in [0.1, 0.15) is 11.1 Å². The fourth-order valence-corrected chi connectivity index (χ4v) is 4.74. The van der Waals surface area contributed by atoms with E-state index in [0.29, 0.717) is 32.5 Å². The van der Waals surface area contributed by atoms with E-state index >= 15 is 0 Å². The van der Waals surface area contributed by atoms with E-state index in [1.807, 2.05) is 48.5 Å². The van der Waals surface area contributed by atoms with Crippen molar-refractivity contribution in [3.8, 4) is 11.5 Å². The van der Waals surface area contributed by atoms with Crippen LogP contribution in [0.5, 0.6) is 11.5 Å². The van der Waals surface area contributed by atoms with Gasteiger partial charge in [0.1, 0.15) is 18.1 Å². The van der Waals surface area contributed by atoms with Gasteiger partial charge in [-0.05, 0) is 87.9 Å². The Morgan fingerprint density at radius 2 is 1.88 bits per heavy atom. The molecule has 0 saturated carbocycles. The standard InChI is InChI=1S/C24H17BrCl2N2O3S/c1-31-18-7-5-17(6-8-18)28-24-29-23(30)22(33-24)11-14-2-9-21(19(25)10-14)32-13-15-3-4-16(26)12-20(15)27/h2-12H,13H2,1H3,(H,28,29,30)/b22-11+. The Bertz CT molecular complexity index is 1260. The number of hydrogen-bond donors (Lipinski definition) is 1. The van der Waals surface area contributed by atoms with Crippen molar-refractivity contribution in [3.63, 3.8) is 0 Å². The Morgan fingerprint density at radius 3 is 2.58 bits per heavy atom. The second-order valence-corrected chi connectivity index (χ2v) is 9.62. The Kier molecular flexibility index (Phi) is 7.65. The van der Waals surface area contributed by atoms with Gasteiger partial charge in [-0.15, -0.1) is 0 Å². The number of ether oxygens (including phenoxy) is 2. The highest BCUT2D eigenvalue weighted by molar-refractivity contribution is 9.10. The number of carbonyl (C=O) groups is 1. The maximum Gasteiger partial charge on any atom is 0.264 e. The molecule has 3 aromatic rings. The molecule has 0 bridgehead atoms. The second-order valence-electron chi connectivity index (χ2n) is 6.89. The van der Waals surface area contributed by atoms with E-state index in [1.54, 1.807) is 25.3 Å². The smallest absolute Gasteiger partial charge is 0.264 e. The molecule has 168 valence electrons. The summed E-state index contributed by atoms with van der Waals surface area (Å²) in [5.41, 5.74) is 2.41. The Labute approximate surface area is 213 Å². The highest BCUT2D eigenvalue weighted by Crippen LogP contribution is 2.32. The zero-order valence-corrected chi connectivity index (χ0v) is 21.2. The lowest BCUT2D eigenvalue weighted by molar-refractivity contribution is -0.115. The molecule has 1 aliphatic rings. The van der Waals surface area contributed by atoms with Gasteiger partial charge in [-0.1, -0.05) is 35.3 Å². The van der Waals surface area contributed by atoms with Crippen LogP contribution in [0.2, 0.25) is 10.0 Å². The molecule has 0 spiro atoms. The van der Waals surface area contributed by atoms with E-state index in [4.69, 9.17) is 32.7 Å². The van der Waals surface area contributed by atoms with Crippen LogP contribution >= 0.6 is 50.9 Å². The van der Waals surface area contributed by atoms with E-state index in [-0.39, 0.29) is 5.91 Å². The third-order valence-electron chi connectivity index (χ3n) is 4.61. The predicted molar refractivity (Wildman–Crippen MR) is 139 cm³/mol. The van der Waals surface area contributed by atoms with Gasteiger partial charge in [-0.3, -0.25) is 4.79 Å². The molecule has 1 heterocycles. The molecule has 0 atom stereocenters. The molecule has 0 radical (unpaired) electrons. The number of nitrogens with one attached hydrogen (secondary N) is 1. The molecule has 9 heteroatoms. The van der Waals surface area contributed by atoms with Crippen molar-refractivity contribution in [1.82, 2.24) is 5.32 Å². The van der Waals surface area contributed by atoms with E-state index in [9.17, 15) is 4.79 Å². The van der Waals surface area contributed by atoms with Crippen molar-refractivity contribution in [1.29, 1.82) is 0 Å². The molecule has 4 rings (SSSR count). The molecule has 1 saturated heterocycles. The summed E-state index contributed by atoms with van der Waals surface area (Å²) in [5, 5.41) is 4.44. The summed E-state index contributed by atoms with van der Waals surface area (Å²) < 4.78 is 11.8. The van der Waals surface area contributed by atoms with Crippen LogP contribution in [0.3, 0.4) is 0 Å². The van der Waals surface area contributed by atoms with Gasteiger partial charge in [0, 0.05) is 15.6 Å². The summed E-state index contributed by atoms with van der Waals surface area (Å²) in [6.45, 7) is 0.304. The van der Waals surface area contributed by atoms with Crippen molar-refractivity contribution in [3.05, 3.63) is 91.2 Å². The topological polar surface area (TPSA) is 59.9 Å². The van der Waals surface area contributed by atoms with Crippen molar-refractivity contribution < 1.29 is 14.3 Å². The van der Waals surface area contributed by atoms with Gasteiger partial charge < -0.3 is 14.8 Å². The first-order valence-corrected chi connectivity index (χ1v) is 12.1. The third-order valence-corrected chi connectivity index (χ3v) is 6.72. The van der Waals surface area contributed by atoms with Gasteiger partial charge in [0.2, 0.25) is 0 Å². The number of amidine groups is 1. The van der Waals surface area contributed by atoms with E-state index in [2.05, 4.69) is 26.2 Å². The zero-order valence-electron chi connectivity index (χ0n) is 17.3. The van der Waals surface area contributed by atoms with Gasteiger partial charge in [-0.25, -0.2) is 4.99 Å². The SMILES string of the molecule is COc1ccc(N=C2NC(=O)/C(=C\c3ccc(OCc4ccc(Cl)cc4Cl)c(Br)c3)S2)cc1. The number of benzene rings is 3. The summed E-state index contributed by atoms with van der Waals surface area (Å²) in [6.07, 6.45) is 1.81. The lowest BCUT2D eigenvalue weighted by atomic mass is 10.2. The van der Waals surface area contributed by atoms with Crippen LogP contribution in [0.15, 0.2) is 75.0 Å². The van der Waals surface area contributed by atoms with Crippen LogP contribution in [-0.4, -0.2) is 18.2 Å². The Hall–Kier alpha value is -2.45. The molecule has 0 aromatic heterocycles. The number of halogens is 3. The molecule has 1 aliphatic heterocycles. The third kappa shape index (κ3) is 6.12. The van der Waals surface area contributed by atoms with Gasteiger partial charge in [-0.2, -0.15) is 0 Å². The highest BCUT2D eigenvalue weighted by Gasteiger charge is 2.24. The summed E-state index contributed by atoms with van der Waals surface area (Å²) >= 11 is 17.0. The van der Waals surface area contributed by atoms with E-state index in [1.165, 1.54) is 11.8 Å². The quantitative estimate of drug-likeness (QED) is 0.321. The maximum atomic E-state index is 12.4. The lowest BCUT2D eigenvalue weighted by Crippen LogP contribution is -2.19. The minimum Gasteiger partial charge on any atom is -0.497 e. The first-order chi connectivity index (χ1) is 15.9. The van der Waals surface area contributed by atoms with Gasteiger partial charge in [0.25, 0.3) is 5.91 Å². The van der Waals surface area contributed by atoms with Crippen molar-refractivity contribution in [2.24, 2.45) is 4.99 Å².